The molecule has 0 aromatic heterocycles. The van der Waals surface area contributed by atoms with Crippen molar-refractivity contribution in [2.45, 2.75) is 0 Å². The summed E-state index contributed by atoms with van der Waals surface area (Å²) in [6, 6.07) is 10.5. The van der Waals surface area contributed by atoms with E-state index in [0.29, 0.717) is 5.69 Å². The van der Waals surface area contributed by atoms with Gasteiger partial charge in [-0.2, -0.15) is 0 Å². The molecule has 0 aliphatic carbocycles. The normalized spacial score (nSPS) is 10.2. The van der Waals surface area contributed by atoms with Gasteiger partial charge in [0.15, 0.2) is 11.6 Å². The van der Waals surface area contributed by atoms with Crippen molar-refractivity contribution in [2.24, 2.45) is 0 Å². The van der Waals surface area contributed by atoms with Crippen LogP contribution >= 0.6 is 22.6 Å². The molecule has 0 radical (unpaired) electrons. The van der Waals surface area contributed by atoms with Crippen LogP contribution in [-0.2, 0) is 0 Å². The lowest BCUT2D eigenvalue weighted by Gasteiger charge is -2.06. The standard InChI is InChI=1S/C13H8F2INO/c14-11-6-2-5-10(12(11)15)13(18)17-9-4-1-3-8(16)7-9/h1-7H,(H,17,18). The highest BCUT2D eigenvalue weighted by molar-refractivity contribution is 14.1. The zero-order valence-electron chi connectivity index (χ0n) is 9.08. The van der Waals surface area contributed by atoms with E-state index < -0.39 is 17.5 Å². The van der Waals surface area contributed by atoms with E-state index in [9.17, 15) is 13.6 Å². The van der Waals surface area contributed by atoms with Crippen molar-refractivity contribution in [3.8, 4) is 0 Å². The minimum absolute atomic E-state index is 0.311. The number of carbonyl (C=O) groups is 1. The van der Waals surface area contributed by atoms with Crippen LogP contribution in [0.2, 0.25) is 0 Å². The van der Waals surface area contributed by atoms with E-state index in [1.54, 1.807) is 18.2 Å². The molecule has 2 nitrogen and oxygen atoms in total. The highest BCUT2D eigenvalue weighted by Crippen LogP contribution is 2.16. The summed E-state index contributed by atoms with van der Waals surface area (Å²) in [6.45, 7) is 0. The third kappa shape index (κ3) is 2.84. The number of rotatable bonds is 2. The summed E-state index contributed by atoms with van der Waals surface area (Å²) in [5, 5.41) is 2.52. The largest absolute Gasteiger partial charge is 0.322 e. The predicted molar refractivity (Wildman–Crippen MR) is 73.5 cm³/mol. The van der Waals surface area contributed by atoms with Crippen LogP contribution in [0.15, 0.2) is 42.5 Å². The summed E-state index contributed by atoms with van der Waals surface area (Å²) >= 11 is 2.09. The molecule has 1 N–H and O–H groups in total. The van der Waals surface area contributed by atoms with Gasteiger partial charge in [-0.15, -0.1) is 0 Å². The lowest BCUT2D eigenvalue weighted by molar-refractivity contribution is 0.102. The number of carbonyl (C=O) groups excluding carboxylic acids is 1. The summed E-state index contributed by atoms with van der Waals surface area (Å²) in [6.07, 6.45) is 0. The number of anilines is 1. The zero-order valence-corrected chi connectivity index (χ0v) is 11.2. The Kier molecular flexibility index (Phi) is 3.90. The molecule has 0 aliphatic rings. The van der Waals surface area contributed by atoms with E-state index in [0.717, 1.165) is 9.64 Å². The molecule has 5 heteroatoms. The minimum Gasteiger partial charge on any atom is -0.322 e. The SMILES string of the molecule is O=C(Nc1cccc(I)c1)c1cccc(F)c1F. The first-order valence-corrected chi connectivity index (χ1v) is 6.17. The first-order valence-electron chi connectivity index (χ1n) is 5.09. The molecule has 0 fully saturated rings. The van der Waals surface area contributed by atoms with Gasteiger partial charge in [-0.05, 0) is 52.9 Å². The van der Waals surface area contributed by atoms with E-state index in [1.807, 2.05) is 6.07 Å². The van der Waals surface area contributed by atoms with Crippen molar-refractivity contribution >= 4 is 34.2 Å². The lowest BCUT2D eigenvalue weighted by Crippen LogP contribution is -2.14. The van der Waals surface area contributed by atoms with Crippen molar-refractivity contribution in [1.29, 1.82) is 0 Å². The highest BCUT2D eigenvalue weighted by atomic mass is 127. The van der Waals surface area contributed by atoms with E-state index >= 15 is 0 Å². The van der Waals surface area contributed by atoms with E-state index in [2.05, 4.69) is 27.9 Å². The fraction of sp³-hybridized carbons (Fsp3) is 0. The van der Waals surface area contributed by atoms with Gasteiger partial charge in [0, 0.05) is 9.26 Å². The fourth-order valence-corrected chi connectivity index (χ4v) is 1.99. The molecular weight excluding hydrogens is 351 g/mol. The number of nitrogens with one attached hydrogen (secondary N) is 1. The molecule has 0 unspecified atom stereocenters. The molecule has 1 amide bonds. The maximum Gasteiger partial charge on any atom is 0.258 e. The van der Waals surface area contributed by atoms with Crippen molar-refractivity contribution in [3.63, 3.8) is 0 Å². The third-order valence-electron chi connectivity index (χ3n) is 2.28. The number of hydrogen-bond donors (Lipinski definition) is 1. The van der Waals surface area contributed by atoms with Crippen LogP contribution in [-0.4, -0.2) is 5.91 Å². The first-order chi connectivity index (χ1) is 8.58. The Morgan fingerprint density at radius 1 is 1.11 bits per heavy atom. The van der Waals surface area contributed by atoms with Crippen molar-refractivity contribution in [2.75, 3.05) is 5.32 Å². The highest BCUT2D eigenvalue weighted by Gasteiger charge is 2.14. The third-order valence-corrected chi connectivity index (χ3v) is 2.95. The minimum atomic E-state index is -1.14. The maximum absolute atomic E-state index is 13.4. The van der Waals surface area contributed by atoms with Crippen molar-refractivity contribution < 1.29 is 13.6 Å². The van der Waals surface area contributed by atoms with Gasteiger partial charge in [0.05, 0.1) is 5.56 Å². The second-order valence-corrected chi connectivity index (χ2v) is 4.81. The Morgan fingerprint density at radius 3 is 2.56 bits per heavy atom. The van der Waals surface area contributed by atoms with Crippen molar-refractivity contribution in [3.05, 3.63) is 63.2 Å². The summed E-state index contributed by atoms with van der Waals surface area (Å²) in [7, 11) is 0. The van der Waals surface area contributed by atoms with Gasteiger partial charge in [-0.3, -0.25) is 4.79 Å². The molecule has 0 spiro atoms. The van der Waals surface area contributed by atoms with Gasteiger partial charge in [0.1, 0.15) is 0 Å². The van der Waals surface area contributed by atoms with Gasteiger partial charge >= 0.3 is 0 Å². The summed E-state index contributed by atoms with van der Waals surface area (Å²) in [5.41, 5.74) is 0.226. The quantitative estimate of drug-likeness (QED) is 0.812. The Bertz CT molecular complexity index is 601. The van der Waals surface area contributed by atoms with Crippen molar-refractivity contribution in [1.82, 2.24) is 0 Å². The second kappa shape index (κ2) is 5.43. The monoisotopic (exact) mass is 359 g/mol. The number of amides is 1. The molecule has 92 valence electrons. The number of halogens is 3. The van der Waals surface area contributed by atoms with Crippen LogP contribution in [0.5, 0.6) is 0 Å². The van der Waals surface area contributed by atoms with E-state index in [4.69, 9.17) is 0 Å². The summed E-state index contributed by atoms with van der Waals surface area (Å²) in [4.78, 5) is 11.8. The molecule has 2 aromatic carbocycles. The maximum atomic E-state index is 13.4. The van der Waals surface area contributed by atoms with Crippen LogP contribution in [0.1, 0.15) is 10.4 Å². The molecule has 2 rings (SSSR count). The zero-order chi connectivity index (χ0) is 13.1. The van der Waals surface area contributed by atoms with Crippen LogP contribution in [0.25, 0.3) is 0 Å². The van der Waals surface area contributed by atoms with Gasteiger partial charge in [-0.25, -0.2) is 8.78 Å². The molecule has 0 saturated carbocycles. The Labute approximate surface area is 116 Å². The molecule has 18 heavy (non-hydrogen) atoms. The van der Waals surface area contributed by atoms with Crippen LogP contribution in [0, 0.1) is 15.2 Å². The molecular formula is C13H8F2INO. The fourth-order valence-electron chi connectivity index (χ4n) is 1.44. The Hall–Kier alpha value is -1.50. The average molecular weight is 359 g/mol. The molecule has 2 aromatic rings. The van der Waals surface area contributed by atoms with Crippen LogP contribution in [0.4, 0.5) is 14.5 Å². The van der Waals surface area contributed by atoms with Gasteiger partial charge in [0.2, 0.25) is 0 Å². The summed E-state index contributed by atoms with van der Waals surface area (Å²) in [5.74, 6) is -2.85. The molecule has 0 atom stereocenters. The van der Waals surface area contributed by atoms with Gasteiger partial charge in [-0.1, -0.05) is 12.1 Å². The predicted octanol–water partition coefficient (Wildman–Crippen LogP) is 3.82. The second-order valence-electron chi connectivity index (χ2n) is 3.57. The van der Waals surface area contributed by atoms with E-state index in [1.165, 1.54) is 12.1 Å². The van der Waals surface area contributed by atoms with Crippen LogP contribution < -0.4 is 5.32 Å². The van der Waals surface area contributed by atoms with E-state index in [-0.39, 0.29) is 5.56 Å². The van der Waals surface area contributed by atoms with Gasteiger partial charge < -0.3 is 5.32 Å². The molecule has 0 heterocycles. The number of hydrogen-bond acceptors (Lipinski definition) is 1. The lowest BCUT2D eigenvalue weighted by atomic mass is 10.2. The van der Waals surface area contributed by atoms with Crippen LogP contribution in [0.3, 0.4) is 0 Å². The first kappa shape index (κ1) is 12.9. The average Bonchev–Trinajstić information content (AvgIpc) is 2.32. The number of benzene rings is 2. The Balaban J connectivity index is 2.25. The molecule has 0 aliphatic heterocycles. The Morgan fingerprint density at radius 2 is 1.83 bits per heavy atom. The van der Waals surface area contributed by atoms with Gasteiger partial charge in [0.25, 0.3) is 5.91 Å². The summed E-state index contributed by atoms with van der Waals surface area (Å²) < 4.78 is 27.3. The molecule has 0 saturated heterocycles. The smallest absolute Gasteiger partial charge is 0.258 e. The molecule has 0 bridgehead atoms. The topological polar surface area (TPSA) is 29.1 Å².